The van der Waals surface area contributed by atoms with E-state index in [2.05, 4.69) is 10.3 Å². The molecule has 144 valence electrons. The zero-order valence-corrected chi connectivity index (χ0v) is 15.6. The number of urea groups is 1. The van der Waals surface area contributed by atoms with Crippen LogP contribution < -0.4 is 10.2 Å². The van der Waals surface area contributed by atoms with Crippen LogP contribution in [0.5, 0.6) is 0 Å². The van der Waals surface area contributed by atoms with E-state index in [1.807, 2.05) is 12.1 Å². The molecule has 2 aromatic rings. The van der Waals surface area contributed by atoms with Crippen molar-refractivity contribution in [3.05, 3.63) is 65.5 Å². The summed E-state index contributed by atoms with van der Waals surface area (Å²) in [5.41, 5.74) is 1.89. The minimum atomic E-state index is -1.12. The molecule has 0 aliphatic carbocycles. The van der Waals surface area contributed by atoms with Crippen molar-refractivity contribution in [3.63, 3.8) is 0 Å². The maximum absolute atomic E-state index is 14.6. The van der Waals surface area contributed by atoms with Gasteiger partial charge in [-0.25, -0.2) is 14.2 Å². The van der Waals surface area contributed by atoms with Gasteiger partial charge < -0.3 is 15.1 Å². The van der Waals surface area contributed by atoms with E-state index in [9.17, 15) is 14.0 Å². The lowest BCUT2D eigenvalue weighted by Crippen LogP contribution is -2.50. The molecule has 1 saturated heterocycles. The van der Waals surface area contributed by atoms with Crippen molar-refractivity contribution >= 4 is 23.3 Å². The number of carbonyl (C=O) groups is 2. The molecule has 3 amide bonds. The number of hydrogen-bond acceptors (Lipinski definition) is 3. The number of carbonyl (C=O) groups excluding carboxylic acids is 2. The number of nitrogens with one attached hydrogen (secondary N) is 1. The predicted octanol–water partition coefficient (Wildman–Crippen LogP) is 2.77. The number of hydrogen-bond donors (Lipinski definition) is 1. The van der Waals surface area contributed by atoms with Crippen LogP contribution in [0.25, 0.3) is 0 Å². The smallest absolute Gasteiger partial charge is 0.319 e. The molecule has 2 heterocycles. The van der Waals surface area contributed by atoms with Crippen molar-refractivity contribution in [2.45, 2.75) is 19.0 Å². The molecule has 0 bridgehead atoms. The van der Waals surface area contributed by atoms with Crippen LogP contribution in [-0.4, -0.2) is 48.9 Å². The highest BCUT2D eigenvalue weighted by molar-refractivity contribution is 6.20. The van der Waals surface area contributed by atoms with Crippen LogP contribution in [0.3, 0.4) is 0 Å². The summed E-state index contributed by atoms with van der Waals surface area (Å²) >= 11 is 0. The second-order valence-corrected chi connectivity index (χ2v) is 6.92. The number of benzodiazepines with no additional fused rings is 1. The molecule has 6 nitrogen and oxygen atoms in total. The molecule has 7 heteroatoms. The number of para-hydroxylation sites is 1. The Bertz CT molecular complexity index is 953. The summed E-state index contributed by atoms with van der Waals surface area (Å²) in [4.78, 5) is 33.2. The zero-order chi connectivity index (χ0) is 19.7. The quantitative estimate of drug-likeness (QED) is 0.871. The number of nitrogens with zero attached hydrogens (tertiary/aromatic N) is 3. The second kappa shape index (κ2) is 7.42. The Morgan fingerprint density at radius 2 is 1.71 bits per heavy atom. The van der Waals surface area contributed by atoms with E-state index >= 15 is 0 Å². The van der Waals surface area contributed by atoms with Gasteiger partial charge in [-0.3, -0.25) is 4.79 Å². The Balaban J connectivity index is 1.79. The molecule has 0 saturated carbocycles. The predicted molar refractivity (Wildman–Crippen MR) is 105 cm³/mol. The van der Waals surface area contributed by atoms with Crippen molar-refractivity contribution in [2.75, 3.05) is 25.0 Å². The first kappa shape index (κ1) is 18.2. The lowest BCUT2D eigenvalue weighted by molar-refractivity contribution is -0.119. The molecular formula is C21H21FN4O2. The van der Waals surface area contributed by atoms with Gasteiger partial charge in [0.05, 0.1) is 11.4 Å². The second-order valence-electron chi connectivity index (χ2n) is 6.92. The molecule has 2 aliphatic rings. The van der Waals surface area contributed by atoms with Crippen LogP contribution in [0.15, 0.2) is 53.5 Å². The Morgan fingerprint density at radius 1 is 1.07 bits per heavy atom. The van der Waals surface area contributed by atoms with Crippen LogP contribution in [0.1, 0.15) is 24.0 Å². The standard InChI is InChI=1S/C21H21FN4O2/c1-25-17-11-5-3-9-15(17)18(14-8-2-4-10-16(14)22)23-19(20(25)27)24-21(28)26-12-6-7-13-26/h2-5,8-11,19H,6-7,12-13H2,1H3,(H,24,28). The summed E-state index contributed by atoms with van der Waals surface area (Å²) in [5.74, 6) is -0.802. The van der Waals surface area contributed by atoms with Crippen LogP contribution in [-0.2, 0) is 4.79 Å². The fourth-order valence-electron chi connectivity index (χ4n) is 3.61. The van der Waals surface area contributed by atoms with Crippen molar-refractivity contribution in [2.24, 2.45) is 4.99 Å². The maximum Gasteiger partial charge on any atom is 0.319 e. The molecule has 0 spiro atoms. The fraction of sp³-hybridized carbons (Fsp3) is 0.286. The average Bonchev–Trinajstić information content (AvgIpc) is 3.23. The van der Waals surface area contributed by atoms with Crippen molar-refractivity contribution in [1.29, 1.82) is 0 Å². The molecular weight excluding hydrogens is 359 g/mol. The highest BCUT2D eigenvalue weighted by atomic mass is 19.1. The number of halogens is 1. The van der Waals surface area contributed by atoms with Gasteiger partial charge in [0.15, 0.2) is 0 Å². The monoisotopic (exact) mass is 380 g/mol. The minimum Gasteiger partial charge on any atom is -0.325 e. The van der Waals surface area contributed by atoms with E-state index in [-0.39, 0.29) is 11.9 Å². The molecule has 28 heavy (non-hydrogen) atoms. The van der Waals surface area contributed by atoms with Gasteiger partial charge in [0.25, 0.3) is 5.91 Å². The van der Waals surface area contributed by atoms with E-state index in [1.165, 1.54) is 11.0 Å². The van der Waals surface area contributed by atoms with E-state index in [4.69, 9.17) is 0 Å². The molecule has 0 aromatic heterocycles. The Hall–Kier alpha value is -3.22. The molecule has 2 aromatic carbocycles. The van der Waals surface area contributed by atoms with Gasteiger partial charge in [0, 0.05) is 31.3 Å². The number of likely N-dealkylation sites (tertiary alicyclic amines) is 1. The maximum atomic E-state index is 14.6. The van der Waals surface area contributed by atoms with Gasteiger partial charge in [-0.05, 0) is 31.0 Å². The number of anilines is 1. The zero-order valence-electron chi connectivity index (χ0n) is 15.6. The van der Waals surface area contributed by atoms with Gasteiger partial charge in [-0.2, -0.15) is 0 Å². The average molecular weight is 380 g/mol. The summed E-state index contributed by atoms with van der Waals surface area (Å²) in [6.07, 6.45) is 0.766. The molecule has 0 radical (unpaired) electrons. The molecule has 1 fully saturated rings. The first-order valence-corrected chi connectivity index (χ1v) is 9.31. The number of rotatable bonds is 2. The molecule has 2 aliphatic heterocycles. The van der Waals surface area contributed by atoms with Crippen LogP contribution in [0.2, 0.25) is 0 Å². The lowest BCUT2D eigenvalue weighted by Gasteiger charge is -2.23. The summed E-state index contributed by atoms with van der Waals surface area (Å²) in [6.45, 7) is 1.32. The SMILES string of the molecule is CN1C(=O)C(NC(=O)N2CCCC2)N=C(c2ccccc2F)c2ccccc21. The summed E-state index contributed by atoms with van der Waals surface area (Å²) < 4.78 is 14.6. The first-order chi connectivity index (χ1) is 13.6. The van der Waals surface area contributed by atoms with Crippen molar-refractivity contribution < 1.29 is 14.0 Å². The minimum absolute atomic E-state index is 0.290. The first-order valence-electron chi connectivity index (χ1n) is 9.31. The summed E-state index contributed by atoms with van der Waals surface area (Å²) in [7, 11) is 1.63. The number of likely N-dealkylation sites (N-methyl/N-ethyl adjacent to an activating group) is 1. The Labute approximate surface area is 162 Å². The van der Waals surface area contributed by atoms with Gasteiger partial charge in [0.1, 0.15) is 5.82 Å². The van der Waals surface area contributed by atoms with E-state index < -0.39 is 12.0 Å². The number of fused-ring (bicyclic) bond motifs is 1. The normalized spacial score (nSPS) is 19.1. The number of amides is 3. The van der Waals surface area contributed by atoms with Crippen LogP contribution in [0, 0.1) is 5.82 Å². The summed E-state index contributed by atoms with van der Waals surface area (Å²) in [6, 6.07) is 13.2. The van der Waals surface area contributed by atoms with Crippen LogP contribution >= 0.6 is 0 Å². The molecule has 1 N–H and O–H groups in total. The Kier molecular flexibility index (Phi) is 4.81. The third-order valence-corrected chi connectivity index (χ3v) is 5.13. The van der Waals surface area contributed by atoms with Gasteiger partial charge in [-0.1, -0.05) is 30.3 Å². The molecule has 1 unspecified atom stereocenters. The van der Waals surface area contributed by atoms with Crippen molar-refractivity contribution in [1.82, 2.24) is 10.2 Å². The van der Waals surface area contributed by atoms with Crippen LogP contribution in [0.4, 0.5) is 14.9 Å². The fourth-order valence-corrected chi connectivity index (χ4v) is 3.61. The van der Waals surface area contributed by atoms with Gasteiger partial charge >= 0.3 is 6.03 Å². The Morgan fingerprint density at radius 3 is 2.43 bits per heavy atom. The third kappa shape index (κ3) is 3.24. The molecule has 1 atom stereocenters. The molecule has 4 rings (SSSR count). The van der Waals surface area contributed by atoms with Gasteiger partial charge in [0.2, 0.25) is 6.17 Å². The van der Waals surface area contributed by atoms with Crippen molar-refractivity contribution in [3.8, 4) is 0 Å². The lowest BCUT2D eigenvalue weighted by atomic mass is 10.00. The topological polar surface area (TPSA) is 65.0 Å². The third-order valence-electron chi connectivity index (χ3n) is 5.13. The largest absolute Gasteiger partial charge is 0.325 e. The highest BCUT2D eigenvalue weighted by Crippen LogP contribution is 2.28. The number of aliphatic imine (C=N–C) groups is 1. The summed E-state index contributed by atoms with van der Waals surface area (Å²) in [5, 5.41) is 2.72. The van der Waals surface area contributed by atoms with E-state index in [1.54, 1.807) is 42.3 Å². The van der Waals surface area contributed by atoms with E-state index in [0.717, 1.165) is 12.8 Å². The highest BCUT2D eigenvalue weighted by Gasteiger charge is 2.32. The van der Waals surface area contributed by atoms with Gasteiger partial charge in [-0.15, -0.1) is 0 Å². The number of benzene rings is 2. The van der Waals surface area contributed by atoms with E-state index in [0.29, 0.717) is 35.6 Å².